The average Bonchev–Trinajstić information content (AvgIpc) is 1.88. The molecule has 1 aromatic rings. The van der Waals surface area contributed by atoms with Gasteiger partial charge < -0.3 is 2.85 Å². The van der Waals surface area contributed by atoms with Crippen LogP contribution in [0.3, 0.4) is 0 Å². The van der Waals surface area contributed by atoms with Crippen LogP contribution < -0.4 is 0 Å². The molecule has 1 rings (SSSR count). The van der Waals surface area contributed by atoms with Crippen molar-refractivity contribution in [2.45, 2.75) is 26.7 Å². The van der Waals surface area contributed by atoms with Gasteiger partial charge in [0.15, 0.2) is 0 Å². The van der Waals surface area contributed by atoms with Crippen LogP contribution in [0.5, 0.6) is 0 Å². The van der Waals surface area contributed by atoms with Gasteiger partial charge in [0.1, 0.15) is 0 Å². The van der Waals surface area contributed by atoms with Crippen LogP contribution in [0.1, 0.15) is 33.7 Å². The van der Waals surface area contributed by atoms with Crippen molar-refractivity contribution in [3.05, 3.63) is 35.4 Å². The molecule has 0 amide bonds. The van der Waals surface area contributed by atoms with Crippen molar-refractivity contribution in [1.29, 1.82) is 0 Å². The van der Waals surface area contributed by atoms with Crippen LogP contribution >= 0.6 is 0 Å². The van der Waals surface area contributed by atoms with Crippen LogP contribution in [0, 0.1) is 6.92 Å². The molecule has 0 fully saturated rings. The second-order valence-corrected chi connectivity index (χ2v) is 3.07. The van der Waals surface area contributed by atoms with Gasteiger partial charge >= 0.3 is 19.8 Å². The predicted octanol–water partition coefficient (Wildman–Crippen LogP) is 3.34. The van der Waals surface area contributed by atoms with Crippen molar-refractivity contribution in [3.63, 3.8) is 0 Å². The molecular formula is C10H16Os. The zero-order valence-corrected chi connectivity index (χ0v) is 9.78. The molecule has 0 aromatic heterocycles. The summed E-state index contributed by atoms with van der Waals surface area (Å²) in [5, 5.41) is 0. The Bertz CT molecular complexity index is 207. The molecule has 0 N–H and O–H groups in total. The number of hydrogen-bond donors (Lipinski definition) is 0. The molecular weight excluding hydrogens is 310 g/mol. The van der Waals surface area contributed by atoms with Crippen LogP contribution in [0.2, 0.25) is 0 Å². The molecule has 0 atom stereocenters. The summed E-state index contributed by atoms with van der Waals surface area (Å²) in [6, 6.07) is 8.71. The van der Waals surface area contributed by atoms with E-state index in [4.69, 9.17) is 0 Å². The fourth-order valence-corrected chi connectivity index (χ4v) is 0.951. The molecule has 0 spiro atoms. The summed E-state index contributed by atoms with van der Waals surface area (Å²) < 4.78 is 0. The summed E-state index contributed by atoms with van der Waals surface area (Å²) in [5.74, 6) is 0.653. The maximum Gasteiger partial charge on any atom is 2.00 e. The van der Waals surface area contributed by atoms with Gasteiger partial charge in [-0.25, -0.2) is 0 Å². The Kier molecular flexibility index (Phi) is 4.62. The molecule has 0 bridgehead atoms. The Hall–Kier alpha value is -0.144. The van der Waals surface area contributed by atoms with E-state index >= 15 is 0 Å². The van der Waals surface area contributed by atoms with E-state index in [1.807, 2.05) is 0 Å². The standard InChI is InChI=1S/C10H14.Os.2H/c1-8(2)10-6-4-9(3)5-7-10;;;/h4-8H,1-3H3;;;/q;+2;2*-1. The zero-order valence-electron chi connectivity index (χ0n) is 9.24. The van der Waals surface area contributed by atoms with Gasteiger partial charge in [-0.1, -0.05) is 43.7 Å². The summed E-state index contributed by atoms with van der Waals surface area (Å²) in [5.41, 5.74) is 2.76. The van der Waals surface area contributed by atoms with Gasteiger partial charge in [0.25, 0.3) is 0 Å². The van der Waals surface area contributed by atoms with Gasteiger partial charge in [-0.3, -0.25) is 0 Å². The van der Waals surface area contributed by atoms with Crippen LogP contribution in [0.4, 0.5) is 0 Å². The Morgan fingerprint density at radius 2 is 1.55 bits per heavy atom. The molecule has 0 saturated heterocycles. The fraction of sp³-hybridized carbons (Fsp3) is 0.400. The predicted molar refractivity (Wildman–Crippen MR) is 47.5 cm³/mol. The van der Waals surface area contributed by atoms with E-state index in [0.29, 0.717) is 5.92 Å². The molecule has 1 aromatic carbocycles. The smallest absolute Gasteiger partial charge is 1.00 e. The van der Waals surface area contributed by atoms with Crippen molar-refractivity contribution < 1.29 is 22.6 Å². The normalized spacial score (nSPS) is 9.45. The van der Waals surface area contributed by atoms with Crippen molar-refractivity contribution in [3.8, 4) is 0 Å². The molecule has 0 aliphatic heterocycles. The van der Waals surface area contributed by atoms with E-state index in [1.54, 1.807) is 0 Å². The van der Waals surface area contributed by atoms with Gasteiger partial charge in [-0.05, 0) is 18.4 Å². The minimum absolute atomic E-state index is 0. The molecule has 64 valence electrons. The number of aryl methyl sites for hydroxylation is 1. The first-order valence-electron chi connectivity index (χ1n) is 3.76. The third-order valence-corrected chi connectivity index (χ3v) is 1.74. The minimum atomic E-state index is 0. The molecule has 0 nitrogen and oxygen atoms in total. The van der Waals surface area contributed by atoms with Crippen molar-refractivity contribution >= 4 is 0 Å². The van der Waals surface area contributed by atoms with E-state index in [2.05, 4.69) is 45.0 Å². The van der Waals surface area contributed by atoms with Gasteiger partial charge in [0.2, 0.25) is 0 Å². The summed E-state index contributed by atoms with van der Waals surface area (Å²) in [4.78, 5) is 0. The topological polar surface area (TPSA) is 0 Å². The number of benzene rings is 1. The van der Waals surface area contributed by atoms with Crippen LogP contribution in [0.15, 0.2) is 24.3 Å². The monoisotopic (exact) mass is 328 g/mol. The number of hydrogen-bond acceptors (Lipinski definition) is 0. The van der Waals surface area contributed by atoms with Crippen LogP contribution in [0.25, 0.3) is 0 Å². The van der Waals surface area contributed by atoms with E-state index in [-0.39, 0.29) is 22.6 Å². The molecule has 0 heterocycles. The largest absolute Gasteiger partial charge is 2.00 e. The van der Waals surface area contributed by atoms with Gasteiger partial charge in [0.05, 0.1) is 0 Å². The number of rotatable bonds is 1. The first kappa shape index (κ1) is 10.9. The van der Waals surface area contributed by atoms with Crippen molar-refractivity contribution in [2.75, 3.05) is 0 Å². The summed E-state index contributed by atoms with van der Waals surface area (Å²) >= 11 is 0. The molecule has 0 radical (unpaired) electrons. The van der Waals surface area contributed by atoms with Crippen LogP contribution in [-0.2, 0) is 19.8 Å². The Labute approximate surface area is 85.0 Å². The Morgan fingerprint density at radius 1 is 1.09 bits per heavy atom. The molecule has 0 saturated carbocycles. The summed E-state index contributed by atoms with van der Waals surface area (Å²) in [7, 11) is 0. The third-order valence-electron chi connectivity index (χ3n) is 1.74. The summed E-state index contributed by atoms with van der Waals surface area (Å²) in [6.45, 7) is 6.54. The maximum absolute atomic E-state index is 2.21. The van der Waals surface area contributed by atoms with Gasteiger partial charge in [0, 0.05) is 0 Å². The van der Waals surface area contributed by atoms with Crippen molar-refractivity contribution in [2.24, 2.45) is 0 Å². The van der Waals surface area contributed by atoms with E-state index in [9.17, 15) is 0 Å². The summed E-state index contributed by atoms with van der Waals surface area (Å²) in [6.07, 6.45) is 0. The fourth-order valence-electron chi connectivity index (χ4n) is 0.951. The first-order chi connectivity index (χ1) is 4.70. The average molecular weight is 326 g/mol. The zero-order chi connectivity index (χ0) is 7.56. The molecule has 0 unspecified atom stereocenters. The van der Waals surface area contributed by atoms with Crippen molar-refractivity contribution in [1.82, 2.24) is 0 Å². The maximum atomic E-state index is 2.21. The van der Waals surface area contributed by atoms with E-state index < -0.39 is 0 Å². The minimum Gasteiger partial charge on any atom is -1.00 e. The van der Waals surface area contributed by atoms with E-state index in [0.717, 1.165) is 0 Å². The van der Waals surface area contributed by atoms with E-state index in [1.165, 1.54) is 11.1 Å². The Balaban J connectivity index is -0.000000333. The third kappa shape index (κ3) is 3.17. The first-order valence-corrected chi connectivity index (χ1v) is 3.76. The quantitative estimate of drug-likeness (QED) is 0.742. The van der Waals surface area contributed by atoms with Crippen LogP contribution in [-0.4, -0.2) is 0 Å². The SMILES string of the molecule is Cc1ccc(C(C)C)cc1.[H-].[H-].[Os+2]. The second-order valence-electron chi connectivity index (χ2n) is 3.07. The Morgan fingerprint density at radius 3 is 1.91 bits per heavy atom. The van der Waals surface area contributed by atoms with Gasteiger partial charge in [-0.2, -0.15) is 0 Å². The molecule has 0 aliphatic carbocycles. The molecule has 11 heavy (non-hydrogen) atoms. The molecule has 0 aliphatic rings. The second kappa shape index (κ2) is 4.68. The molecule has 1 heteroatoms. The van der Waals surface area contributed by atoms with Gasteiger partial charge in [-0.15, -0.1) is 0 Å².